The highest BCUT2D eigenvalue weighted by Gasteiger charge is 2.22. The highest BCUT2D eigenvalue weighted by Crippen LogP contribution is 2.18. The van der Waals surface area contributed by atoms with Crippen molar-refractivity contribution in [3.8, 4) is 0 Å². The first kappa shape index (κ1) is 13.3. The van der Waals surface area contributed by atoms with Crippen molar-refractivity contribution in [3.63, 3.8) is 0 Å². The normalized spacial score (nSPS) is 25.8. The first-order valence-electron chi connectivity index (χ1n) is 5.74. The van der Waals surface area contributed by atoms with Crippen LogP contribution in [-0.2, 0) is 9.59 Å². The molecule has 0 aliphatic carbocycles. The van der Waals surface area contributed by atoms with Crippen LogP contribution in [0.25, 0.3) is 0 Å². The largest absolute Gasteiger partial charge is 0.353 e. The summed E-state index contributed by atoms with van der Waals surface area (Å²) in [4.78, 5) is 22.5. The molecule has 1 heterocycles. The molecule has 0 aromatic carbocycles. The molecule has 2 atom stereocenters. The summed E-state index contributed by atoms with van der Waals surface area (Å²) < 4.78 is 0. The lowest BCUT2D eigenvalue weighted by Crippen LogP contribution is -2.41. The van der Waals surface area contributed by atoms with E-state index in [-0.39, 0.29) is 17.1 Å². The van der Waals surface area contributed by atoms with Gasteiger partial charge in [0.15, 0.2) is 0 Å². The van der Waals surface area contributed by atoms with Gasteiger partial charge in [-0.3, -0.25) is 9.59 Å². The van der Waals surface area contributed by atoms with Gasteiger partial charge in [0.1, 0.15) is 0 Å². The summed E-state index contributed by atoms with van der Waals surface area (Å²) in [5, 5.41) is 3.04. The van der Waals surface area contributed by atoms with Crippen LogP contribution in [0.1, 0.15) is 33.1 Å². The highest BCUT2D eigenvalue weighted by molar-refractivity contribution is 8.14. The lowest BCUT2D eigenvalue weighted by Gasteiger charge is -2.26. The molecule has 0 aromatic heterocycles. The lowest BCUT2D eigenvalue weighted by molar-refractivity contribution is -0.124. The standard InChI is InChI=1S/C12H19NO2S/c1-3-16-12(15)6-4-5-10-7-9(2)8-11(14)13-10/h4,6,9-10H,3,5,7-8H2,1-2H3,(H,13,14)/b6-4+/t9-,10+/m0/s1. The van der Waals surface area contributed by atoms with Crippen molar-refractivity contribution >= 4 is 22.8 Å². The molecule has 3 nitrogen and oxygen atoms in total. The fraction of sp³-hybridized carbons (Fsp3) is 0.667. The molecule has 0 spiro atoms. The Balaban J connectivity index is 2.31. The number of nitrogens with one attached hydrogen (secondary N) is 1. The van der Waals surface area contributed by atoms with Crippen molar-refractivity contribution in [2.75, 3.05) is 5.75 Å². The molecule has 0 radical (unpaired) electrons. The third-order valence-corrected chi connectivity index (χ3v) is 3.26. The monoisotopic (exact) mass is 241 g/mol. The molecule has 1 aliphatic heterocycles. The molecule has 0 aromatic rings. The molecule has 1 N–H and O–H groups in total. The number of amides is 1. The van der Waals surface area contributed by atoms with Crippen LogP contribution in [0, 0.1) is 5.92 Å². The smallest absolute Gasteiger partial charge is 0.220 e. The Labute approximate surface area is 101 Å². The van der Waals surface area contributed by atoms with Gasteiger partial charge < -0.3 is 5.32 Å². The highest BCUT2D eigenvalue weighted by atomic mass is 32.2. The summed E-state index contributed by atoms with van der Waals surface area (Å²) in [5.74, 6) is 1.39. The summed E-state index contributed by atoms with van der Waals surface area (Å²) in [6, 6.07) is 0.201. The van der Waals surface area contributed by atoms with Crippen molar-refractivity contribution in [2.45, 2.75) is 39.2 Å². The molecule has 1 fully saturated rings. The van der Waals surface area contributed by atoms with E-state index in [1.165, 1.54) is 11.8 Å². The number of carbonyl (C=O) groups is 2. The van der Waals surface area contributed by atoms with Crippen molar-refractivity contribution in [2.24, 2.45) is 5.92 Å². The minimum atomic E-state index is 0.0951. The van der Waals surface area contributed by atoms with E-state index in [0.29, 0.717) is 12.3 Å². The van der Waals surface area contributed by atoms with Crippen molar-refractivity contribution < 1.29 is 9.59 Å². The van der Waals surface area contributed by atoms with Gasteiger partial charge in [-0.15, -0.1) is 0 Å². The maximum atomic E-state index is 11.3. The van der Waals surface area contributed by atoms with Gasteiger partial charge in [-0.25, -0.2) is 0 Å². The number of rotatable bonds is 4. The van der Waals surface area contributed by atoms with Crippen molar-refractivity contribution in [1.82, 2.24) is 5.32 Å². The number of carbonyl (C=O) groups excluding carboxylic acids is 2. The zero-order chi connectivity index (χ0) is 12.0. The van der Waals surface area contributed by atoms with Gasteiger partial charge in [-0.2, -0.15) is 0 Å². The molecule has 90 valence electrons. The van der Waals surface area contributed by atoms with Gasteiger partial charge in [-0.05, 0) is 30.6 Å². The van der Waals surface area contributed by atoms with E-state index in [2.05, 4.69) is 12.2 Å². The van der Waals surface area contributed by atoms with Gasteiger partial charge in [0.25, 0.3) is 0 Å². The predicted octanol–water partition coefficient (Wildman–Crippen LogP) is 2.13. The maximum absolute atomic E-state index is 11.3. The van der Waals surface area contributed by atoms with Crippen LogP contribution in [-0.4, -0.2) is 22.8 Å². The molecule has 1 rings (SSSR count). The topological polar surface area (TPSA) is 46.2 Å². The summed E-state index contributed by atoms with van der Waals surface area (Å²) in [7, 11) is 0. The molecule has 1 aliphatic rings. The average molecular weight is 241 g/mol. The molecule has 1 saturated heterocycles. The zero-order valence-electron chi connectivity index (χ0n) is 9.86. The minimum Gasteiger partial charge on any atom is -0.353 e. The van der Waals surface area contributed by atoms with Crippen LogP contribution in [0.5, 0.6) is 0 Å². The predicted molar refractivity (Wildman–Crippen MR) is 67.2 cm³/mol. The lowest BCUT2D eigenvalue weighted by atomic mass is 9.92. The van der Waals surface area contributed by atoms with E-state index in [0.717, 1.165) is 18.6 Å². The third-order valence-electron chi connectivity index (χ3n) is 2.55. The van der Waals surface area contributed by atoms with Gasteiger partial charge in [-0.1, -0.05) is 31.7 Å². The fourth-order valence-electron chi connectivity index (χ4n) is 1.91. The molecule has 4 heteroatoms. The molecule has 0 bridgehead atoms. The van der Waals surface area contributed by atoms with E-state index >= 15 is 0 Å². The molecule has 16 heavy (non-hydrogen) atoms. The van der Waals surface area contributed by atoms with E-state index < -0.39 is 0 Å². The Morgan fingerprint density at radius 1 is 1.62 bits per heavy atom. The Morgan fingerprint density at radius 3 is 3.00 bits per heavy atom. The summed E-state index contributed by atoms with van der Waals surface area (Å²) in [6.45, 7) is 4.05. The first-order valence-corrected chi connectivity index (χ1v) is 6.73. The van der Waals surface area contributed by atoms with Crippen LogP contribution in [0.2, 0.25) is 0 Å². The Hall–Kier alpha value is -0.770. The van der Waals surface area contributed by atoms with Crippen LogP contribution in [0.4, 0.5) is 0 Å². The second-order valence-corrected chi connectivity index (χ2v) is 5.47. The molecule has 1 amide bonds. The van der Waals surface area contributed by atoms with Gasteiger partial charge >= 0.3 is 0 Å². The average Bonchev–Trinajstić information content (AvgIpc) is 2.16. The summed E-state index contributed by atoms with van der Waals surface area (Å²) >= 11 is 1.31. The minimum absolute atomic E-state index is 0.0951. The fourth-order valence-corrected chi connectivity index (χ4v) is 2.38. The quantitative estimate of drug-likeness (QED) is 0.767. The van der Waals surface area contributed by atoms with Crippen LogP contribution in [0.3, 0.4) is 0 Å². The van der Waals surface area contributed by atoms with Gasteiger partial charge in [0, 0.05) is 12.5 Å². The number of piperidine rings is 1. The molecular weight excluding hydrogens is 222 g/mol. The number of hydrogen-bond acceptors (Lipinski definition) is 3. The van der Waals surface area contributed by atoms with Crippen LogP contribution in [0.15, 0.2) is 12.2 Å². The molecule has 0 unspecified atom stereocenters. The van der Waals surface area contributed by atoms with Crippen LogP contribution >= 0.6 is 11.8 Å². The summed E-state index contributed by atoms with van der Waals surface area (Å²) in [6.07, 6.45) is 5.87. The number of hydrogen-bond donors (Lipinski definition) is 1. The third kappa shape index (κ3) is 4.84. The zero-order valence-corrected chi connectivity index (χ0v) is 10.7. The van der Waals surface area contributed by atoms with Crippen molar-refractivity contribution in [3.05, 3.63) is 12.2 Å². The number of thioether (sulfide) groups is 1. The first-order chi connectivity index (χ1) is 7.61. The van der Waals surface area contributed by atoms with Gasteiger partial charge in [0.2, 0.25) is 11.0 Å². The van der Waals surface area contributed by atoms with E-state index in [1.807, 2.05) is 13.0 Å². The SMILES string of the molecule is CCSC(=O)/C=C/C[C@@H]1C[C@H](C)CC(=O)N1. The Bertz CT molecular complexity index is 289. The molecule has 0 saturated carbocycles. The Morgan fingerprint density at radius 2 is 2.38 bits per heavy atom. The second kappa shape index (κ2) is 6.74. The molecular formula is C12H19NO2S. The van der Waals surface area contributed by atoms with Crippen LogP contribution < -0.4 is 5.32 Å². The maximum Gasteiger partial charge on any atom is 0.220 e. The van der Waals surface area contributed by atoms with E-state index in [1.54, 1.807) is 6.08 Å². The van der Waals surface area contributed by atoms with E-state index in [9.17, 15) is 9.59 Å². The summed E-state index contributed by atoms with van der Waals surface area (Å²) in [5.41, 5.74) is 0. The van der Waals surface area contributed by atoms with Crippen molar-refractivity contribution in [1.29, 1.82) is 0 Å². The van der Waals surface area contributed by atoms with Gasteiger partial charge in [0.05, 0.1) is 0 Å². The Kier molecular flexibility index (Phi) is 5.60. The second-order valence-electron chi connectivity index (χ2n) is 4.20. The van der Waals surface area contributed by atoms with E-state index in [4.69, 9.17) is 0 Å².